The van der Waals surface area contributed by atoms with Crippen LogP contribution in [0.15, 0.2) is 206 Å². The van der Waals surface area contributed by atoms with Crippen molar-refractivity contribution in [1.29, 1.82) is 0 Å². The largest absolute Gasteiger partial charge is 0.494 e. The Hall–Kier alpha value is -7.31. The van der Waals surface area contributed by atoms with Crippen LogP contribution in [-0.4, -0.2) is 36.6 Å². The molecule has 0 bridgehead atoms. The van der Waals surface area contributed by atoms with Crippen LogP contribution in [0.5, 0.6) is 0 Å². The molecule has 15 rings (SSSR count). The summed E-state index contributed by atoms with van der Waals surface area (Å²) in [7, 11) is -1.02. The molecular formula is C70H58B2O4. The van der Waals surface area contributed by atoms with Gasteiger partial charge in [-0.05, 0) is 201 Å². The highest BCUT2D eigenvalue weighted by Crippen LogP contribution is 2.65. The first-order chi connectivity index (χ1) is 36.6. The van der Waals surface area contributed by atoms with Crippen LogP contribution in [-0.2, 0) is 29.4 Å². The first-order valence-corrected chi connectivity index (χ1v) is 27.1. The van der Waals surface area contributed by atoms with Crippen LogP contribution in [0.3, 0.4) is 0 Å². The molecule has 0 atom stereocenters. The molecule has 0 spiro atoms. The first kappa shape index (κ1) is 46.0. The summed E-state index contributed by atoms with van der Waals surface area (Å²) < 4.78 is 27.2. The summed E-state index contributed by atoms with van der Waals surface area (Å²) in [6.07, 6.45) is 0. The van der Waals surface area contributed by atoms with E-state index in [2.05, 4.69) is 262 Å². The maximum absolute atomic E-state index is 6.80. The molecule has 10 aromatic rings. The lowest BCUT2D eigenvalue weighted by molar-refractivity contribution is 0.00578. The van der Waals surface area contributed by atoms with Gasteiger partial charge in [0.15, 0.2) is 0 Å². The Morgan fingerprint density at radius 1 is 0.263 bits per heavy atom. The molecule has 0 amide bonds. The Labute approximate surface area is 447 Å². The number of rotatable bonds is 6. The van der Waals surface area contributed by atoms with Crippen molar-refractivity contribution in [2.45, 2.75) is 88.6 Å². The van der Waals surface area contributed by atoms with E-state index in [4.69, 9.17) is 18.6 Å². The molecule has 3 aliphatic carbocycles. The Morgan fingerprint density at radius 3 is 0.829 bits per heavy atom. The zero-order valence-corrected chi connectivity index (χ0v) is 44.4. The average Bonchev–Trinajstić information content (AvgIpc) is 4.18. The van der Waals surface area contributed by atoms with Crippen LogP contribution >= 0.6 is 0 Å². The molecule has 76 heavy (non-hydrogen) atoms. The standard InChI is InChI=1S/C70H58B2O4/c1-65(2)66(3,4)74-71(73-65)49-35-43-23-21-33-51-53-39-59-61(41-55(53)57(37-49)63(43)51)69(45-25-13-9-14-26-45,46-27-15-10-16-28-46)60-40-54-52-34-22-24-44-36-50(72-75-67(5,6)68(7,8)76-72)38-58(64(44)52)56(54)42-62(60)70(59,47-29-17-11-18-30-47)48-31-19-12-20-32-48/h9-42H,1-8H3. The second kappa shape index (κ2) is 15.7. The Morgan fingerprint density at radius 2 is 0.539 bits per heavy atom. The summed E-state index contributed by atoms with van der Waals surface area (Å²) in [5.74, 6) is 0. The minimum Gasteiger partial charge on any atom is -0.399 e. The van der Waals surface area contributed by atoms with E-state index in [9.17, 15) is 0 Å². The fourth-order valence-corrected chi connectivity index (χ4v) is 14.0. The van der Waals surface area contributed by atoms with Crippen molar-refractivity contribution in [3.63, 3.8) is 0 Å². The molecule has 2 heterocycles. The van der Waals surface area contributed by atoms with E-state index in [0.29, 0.717) is 0 Å². The third-order valence-electron chi connectivity index (χ3n) is 19.0. The third-order valence-corrected chi connectivity index (χ3v) is 19.0. The second-order valence-corrected chi connectivity index (χ2v) is 24.0. The molecule has 2 saturated heterocycles. The summed E-state index contributed by atoms with van der Waals surface area (Å²) in [6.45, 7) is 17.1. The SMILES string of the molecule is CC1(C)OB(c2cc3c4c(cccc4c2)-c2cc4c(cc2-3)C(c2ccccc2)(c2ccccc2)c2cc3c(cc2C4(c2ccccc2)c2ccccc2)-c2cc(B4OC(C)(C)C(C)(C)O4)cc4cccc-3c24)OC1(C)C. The van der Waals surface area contributed by atoms with Crippen molar-refractivity contribution in [3.8, 4) is 44.5 Å². The highest BCUT2D eigenvalue weighted by molar-refractivity contribution is 6.63. The molecule has 0 N–H and O–H groups in total. The predicted molar refractivity (Wildman–Crippen MR) is 312 cm³/mol. The van der Waals surface area contributed by atoms with Crippen molar-refractivity contribution in [2.75, 3.05) is 0 Å². The summed E-state index contributed by atoms with van der Waals surface area (Å²) >= 11 is 0. The molecule has 5 aliphatic rings. The summed E-state index contributed by atoms with van der Waals surface area (Å²) in [6, 6.07) is 78.5. The zero-order valence-electron chi connectivity index (χ0n) is 44.4. The van der Waals surface area contributed by atoms with Gasteiger partial charge in [0, 0.05) is 0 Å². The smallest absolute Gasteiger partial charge is 0.399 e. The van der Waals surface area contributed by atoms with Crippen molar-refractivity contribution in [1.82, 2.24) is 0 Å². The number of fused-ring (bicyclic) bond motifs is 8. The fourth-order valence-electron chi connectivity index (χ4n) is 14.0. The monoisotopic (exact) mass is 984 g/mol. The lowest BCUT2D eigenvalue weighted by atomic mass is 9.50. The van der Waals surface area contributed by atoms with Crippen LogP contribution in [0.2, 0.25) is 0 Å². The van der Waals surface area contributed by atoms with E-state index in [1.54, 1.807) is 0 Å². The Kier molecular flexibility index (Phi) is 9.48. The Bertz CT molecular complexity index is 3690. The number of hydrogen-bond acceptors (Lipinski definition) is 4. The van der Waals surface area contributed by atoms with Gasteiger partial charge in [0.25, 0.3) is 0 Å². The molecule has 2 fully saturated rings. The van der Waals surface area contributed by atoms with Crippen molar-refractivity contribution >= 4 is 46.7 Å². The second-order valence-electron chi connectivity index (χ2n) is 24.0. The van der Waals surface area contributed by atoms with Crippen LogP contribution < -0.4 is 10.9 Å². The minimum absolute atomic E-state index is 0.481. The van der Waals surface area contributed by atoms with E-state index in [0.717, 1.165) is 10.9 Å². The van der Waals surface area contributed by atoms with Gasteiger partial charge in [0.1, 0.15) is 0 Å². The van der Waals surface area contributed by atoms with Gasteiger partial charge in [-0.3, -0.25) is 0 Å². The lowest BCUT2D eigenvalue weighted by Gasteiger charge is -2.51. The maximum Gasteiger partial charge on any atom is 0.494 e. The highest BCUT2D eigenvalue weighted by Gasteiger charge is 2.57. The summed E-state index contributed by atoms with van der Waals surface area (Å²) in [5.41, 5.74) is 18.2. The summed E-state index contributed by atoms with van der Waals surface area (Å²) in [5, 5.41) is 4.87. The zero-order chi connectivity index (χ0) is 51.7. The van der Waals surface area contributed by atoms with E-state index in [1.165, 1.54) is 111 Å². The molecule has 0 unspecified atom stereocenters. The number of hydrogen-bond donors (Lipinski definition) is 0. The van der Waals surface area contributed by atoms with Gasteiger partial charge in [-0.2, -0.15) is 0 Å². The highest BCUT2D eigenvalue weighted by atomic mass is 16.7. The van der Waals surface area contributed by atoms with Crippen LogP contribution in [0.25, 0.3) is 66.1 Å². The topological polar surface area (TPSA) is 36.9 Å². The van der Waals surface area contributed by atoms with Gasteiger partial charge in [0.2, 0.25) is 0 Å². The van der Waals surface area contributed by atoms with Crippen LogP contribution in [0, 0.1) is 0 Å². The summed E-state index contributed by atoms with van der Waals surface area (Å²) in [4.78, 5) is 0. The van der Waals surface area contributed by atoms with Gasteiger partial charge in [-0.1, -0.05) is 182 Å². The van der Waals surface area contributed by atoms with Gasteiger partial charge in [-0.25, -0.2) is 0 Å². The normalized spacial score (nSPS) is 18.9. The first-order valence-electron chi connectivity index (χ1n) is 27.1. The van der Waals surface area contributed by atoms with Gasteiger partial charge < -0.3 is 18.6 Å². The lowest BCUT2D eigenvalue weighted by Crippen LogP contribution is -2.45. The molecule has 368 valence electrons. The van der Waals surface area contributed by atoms with Gasteiger partial charge in [-0.15, -0.1) is 0 Å². The molecule has 0 aromatic heterocycles. The molecule has 4 nitrogen and oxygen atoms in total. The van der Waals surface area contributed by atoms with E-state index in [-0.39, 0.29) is 0 Å². The quantitative estimate of drug-likeness (QED) is 0.156. The van der Waals surface area contributed by atoms with E-state index < -0.39 is 47.5 Å². The maximum atomic E-state index is 6.80. The third kappa shape index (κ3) is 6.02. The van der Waals surface area contributed by atoms with Crippen LogP contribution in [0.4, 0.5) is 0 Å². The van der Waals surface area contributed by atoms with Gasteiger partial charge >= 0.3 is 14.2 Å². The molecule has 0 saturated carbocycles. The molecule has 0 radical (unpaired) electrons. The molecule has 2 aliphatic heterocycles. The van der Waals surface area contributed by atoms with Crippen LogP contribution in [0.1, 0.15) is 99.9 Å². The van der Waals surface area contributed by atoms with E-state index in [1.807, 2.05) is 0 Å². The average molecular weight is 985 g/mol. The van der Waals surface area contributed by atoms with E-state index >= 15 is 0 Å². The molecular weight excluding hydrogens is 926 g/mol. The van der Waals surface area contributed by atoms with Crippen molar-refractivity contribution in [3.05, 3.63) is 251 Å². The van der Waals surface area contributed by atoms with Crippen molar-refractivity contribution < 1.29 is 18.6 Å². The fraction of sp³-hybridized carbons (Fsp3) is 0.200. The van der Waals surface area contributed by atoms with Gasteiger partial charge in [0.05, 0.1) is 33.2 Å². The predicted octanol–water partition coefficient (Wildman–Crippen LogP) is 15.0. The minimum atomic E-state index is -0.794. The molecule has 10 aromatic carbocycles. The number of benzene rings is 10. The Balaban J connectivity index is 1.09. The van der Waals surface area contributed by atoms with Crippen molar-refractivity contribution in [2.24, 2.45) is 0 Å². The molecule has 6 heteroatoms.